The number of hydrogen-bond donors (Lipinski definition) is 0. The molecule has 0 amide bonds. The van der Waals surface area contributed by atoms with Crippen molar-refractivity contribution in [1.82, 2.24) is 0 Å². The van der Waals surface area contributed by atoms with E-state index in [-0.39, 0.29) is 27.4 Å². The second-order valence-corrected chi connectivity index (χ2v) is 9.93. The maximum absolute atomic E-state index is 11.5. The molecule has 5 heteroatoms. The van der Waals surface area contributed by atoms with Crippen LogP contribution in [-0.4, -0.2) is 23.1 Å². The molecule has 3 aromatic rings. The van der Waals surface area contributed by atoms with E-state index in [1.54, 1.807) is 6.92 Å². The van der Waals surface area contributed by atoms with Gasteiger partial charge in [-0.1, -0.05) is 59.0 Å². The molecule has 28 heavy (non-hydrogen) atoms. The second-order valence-electron chi connectivity index (χ2n) is 6.04. The minimum absolute atomic E-state index is 0.147. The third-order valence-corrected chi connectivity index (χ3v) is 6.68. The summed E-state index contributed by atoms with van der Waals surface area (Å²) in [6, 6.07) is 29.2. The highest BCUT2D eigenvalue weighted by Crippen LogP contribution is 2.31. The number of carbonyl (C=O) groups excluding carboxylic acids is 1. The lowest BCUT2D eigenvalue weighted by molar-refractivity contribution is -0.142. The minimum atomic E-state index is -0.214. The predicted molar refractivity (Wildman–Crippen MR) is 121 cm³/mol. The topological polar surface area (TPSA) is 35.5 Å². The minimum Gasteiger partial charge on any atom is -0.490 e. The summed E-state index contributed by atoms with van der Waals surface area (Å²) in [7, 11) is -0.167. The summed E-state index contributed by atoms with van der Waals surface area (Å²) >= 11 is 2.04. The molecule has 0 aliphatic heterocycles. The summed E-state index contributed by atoms with van der Waals surface area (Å²) in [4.78, 5) is 15.2. The van der Waals surface area contributed by atoms with Crippen molar-refractivity contribution in [3.8, 4) is 5.75 Å². The number of hydrogen-bond acceptors (Lipinski definition) is 3. The van der Waals surface area contributed by atoms with Crippen molar-refractivity contribution in [2.45, 2.75) is 25.5 Å². The summed E-state index contributed by atoms with van der Waals surface area (Å²) in [6.07, 6.45) is 0. The van der Waals surface area contributed by atoms with Crippen molar-refractivity contribution in [3.63, 3.8) is 0 Å². The van der Waals surface area contributed by atoms with Crippen molar-refractivity contribution >= 4 is 39.5 Å². The molecule has 0 saturated carbocycles. The van der Waals surface area contributed by atoms with Gasteiger partial charge in [-0.25, -0.2) is 0 Å². The lowest BCUT2D eigenvalue weighted by atomic mass is 10.3. The zero-order valence-corrected chi connectivity index (χ0v) is 18.6. The van der Waals surface area contributed by atoms with E-state index in [1.165, 1.54) is 14.7 Å². The molecule has 0 spiro atoms. The monoisotopic (exact) mass is 505 g/mol. The van der Waals surface area contributed by atoms with Gasteiger partial charge in [0.1, 0.15) is 22.9 Å². The molecule has 0 aromatic heterocycles. The van der Waals surface area contributed by atoms with Crippen molar-refractivity contribution in [2.24, 2.45) is 0 Å². The van der Waals surface area contributed by atoms with Gasteiger partial charge < -0.3 is 9.47 Å². The summed E-state index contributed by atoms with van der Waals surface area (Å²) in [6.45, 7) is 2.41. The Kier molecular flexibility index (Phi) is 7.80. The Morgan fingerprint density at radius 1 is 0.821 bits per heavy atom. The summed E-state index contributed by atoms with van der Waals surface area (Å²) in [5.74, 6) is 0.557. The van der Waals surface area contributed by atoms with E-state index in [2.05, 4.69) is 60.7 Å². The maximum Gasteiger partial charge on any atom is 0.318 e. The molecular weight excluding hydrogens is 483 g/mol. The van der Waals surface area contributed by atoms with Gasteiger partial charge in [-0.05, 0) is 55.5 Å². The molecule has 0 saturated heterocycles. The van der Waals surface area contributed by atoms with Gasteiger partial charge in [0, 0.05) is 0 Å². The van der Waals surface area contributed by atoms with E-state index in [0.29, 0.717) is 6.61 Å². The predicted octanol–water partition coefficient (Wildman–Crippen LogP) is 5.53. The Balaban J connectivity index is 1.70. The van der Waals surface area contributed by atoms with Crippen LogP contribution in [0.1, 0.15) is 6.92 Å². The number of rotatable bonds is 8. The highest BCUT2D eigenvalue weighted by Gasteiger charge is 2.28. The highest BCUT2D eigenvalue weighted by atomic mass is 127. The third kappa shape index (κ3) is 5.75. The number of benzene rings is 3. The first kappa shape index (κ1) is 20.7. The van der Waals surface area contributed by atoms with E-state index in [9.17, 15) is 4.79 Å². The Hall–Kier alpha value is -1.99. The average Bonchev–Trinajstić information content (AvgIpc) is 2.74. The molecule has 1 unspecified atom stereocenters. The fraction of sp³-hybridized carbons (Fsp3) is 0.174. The van der Waals surface area contributed by atoms with Crippen molar-refractivity contribution in [3.05, 3.63) is 84.9 Å². The lowest BCUT2D eigenvalue weighted by Gasteiger charge is -2.10. The van der Waals surface area contributed by atoms with Crippen LogP contribution < -0.4 is 4.74 Å². The molecule has 0 bridgehead atoms. The van der Waals surface area contributed by atoms with Gasteiger partial charge in [-0.2, -0.15) is 0 Å². The number of alkyl halides is 1. The first-order chi connectivity index (χ1) is 13.6. The van der Waals surface area contributed by atoms with Gasteiger partial charge in [0.05, 0.1) is 10.9 Å². The molecule has 3 rings (SSSR count). The Morgan fingerprint density at radius 2 is 1.32 bits per heavy atom. The molecule has 1 atom stereocenters. The van der Waals surface area contributed by atoms with E-state index in [0.717, 1.165) is 5.75 Å². The Morgan fingerprint density at radius 3 is 1.82 bits per heavy atom. The van der Waals surface area contributed by atoms with Crippen LogP contribution in [0.15, 0.2) is 99.6 Å². The fourth-order valence-electron chi connectivity index (χ4n) is 2.61. The molecular formula is C23H22IO3S+. The maximum atomic E-state index is 11.5. The average molecular weight is 505 g/mol. The van der Waals surface area contributed by atoms with Crippen molar-refractivity contribution in [1.29, 1.82) is 0 Å². The smallest absolute Gasteiger partial charge is 0.318 e. The highest BCUT2D eigenvalue weighted by molar-refractivity contribution is 14.1. The molecule has 0 N–H and O–H groups in total. The van der Waals surface area contributed by atoms with E-state index in [1.807, 2.05) is 46.9 Å². The van der Waals surface area contributed by atoms with Crippen molar-refractivity contribution < 1.29 is 14.3 Å². The van der Waals surface area contributed by atoms with Crippen LogP contribution in [0, 0.1) is 0 Å². The molecule has 0 fully saturated rings. The van der Waals surface area contributed by atoms with Crippen LogP contribution in [0.2, 0.25) is 0 Å². The SMILES string of the molecule is CC(I)C(=O)OCCOc1ccc([S+](c2ccccc2)c2ccccc2)cc1. The summed E-state index contributed by atoms with van der Waals surface area (Å²) < 4.78 is 10.7. The number of halogens is 1. The normalized spacial score (nSPS) is 11.8. The van der Waals surface area contributed by atoms with Gasteiger partial charge >= 0.3 is 5.97 Å². The van der Waals surface area contributed by atoms with E-state index in [4.69, 9.17) is 9.47 Å². The molecule has 0 radical (unpaired) electrons. The molecule has 0 heterocycles. The standard InChI is InChI=1S/C23H22IO3S/c1-18(24)23(25)27-17-16-26-19-12-14-22(15-13-19)28(20-8-4-2-5-9-20)21-10-6-3-7-11-21/h2-15,18H,16-17H2,1H3/q+1. The zero-order valence-electron chi connectivity index (χ0n) is 15.6. The molecule has 3 nitrogen and oxygen atoms in total. The number of ether oxygens (including phenoxy) is 2. The Labute approximate surface area is 182 Å². The van der Waals surface area contributed by atoms with Crippen LogP contribution in [0.25, 0.3) is 0 Å². The van der Waals surface area contributed by atoms with Crippen LogP contribution in [0.4, 0.5) is 0 Å². The molecule has 0 aliphatic rings. The van der Waals surface area contributed by atoms with Gasteiger partial charge in [0.2, 0.25) is 0 Å². The first-order valence-electron chi connectivity index (χ1n) is 9.03. The first-order valence-corrected chi connectivity index (χ1v) is 11.5. The number of carbonyl (C=O) groups is 1. The van der Waals surface area contributed by atoms with Gasteiger partial charge in [0.15, 0.2) is 14.7 Å². The van der Waals surface area contributed by atoms with E-state index >= 15 is 0 Å². The van der Waals surface area contributed by atoms with Gasteiger partial charge in [-0.15, -0.1) is 0 Å². The van der Waals surface area contributed by atoms with Crippen molar-refractivity contribution in [2.75, 3.05) is 13.2 Å². The summed E-state index contributed by atoms with van der Waals surface area (Å²) in [5.41, 5.74) is 0. The van der Waals surface area contributed by atoms with Crippen LogP contribution >= 0.6 is 22.6 Å². The number of esters is 1. The quantitative estimate of drug-likeness (QED) is 0.133. The molecule has 144 valence electrons. The van der Waals surface area contributed by atoms with Gasteiger partial charge in [-0.3, -0.25) is 4.79 Å². The fourth-order valence-corrected chi connectivity index (χ4v) is 4.87. The third-order valence-electron chi connectivity index (χ3n) is 3.94. The molecule has 0 aliphatic carbocycles. The summed E-state index contributed by atoms with van der Waals surface area (Å²) in [5, 5.41) is 0. The molecule has 3 aromatic carbocycles. The van der Waals surface area contributed by atoms with Gasteiger partial charge in [0.25, 0.3) is 0 Å². The van der Waals surface area contributed by atoms with Crippen LogP contribution in [-0.2, 0) is 20.4 Å². The zero-order chi connectivity index (χ0) is 19.8. The Bertz CT molecular complexity index is 828. The van der Waals surface area contributed by atoms with Crippen LogP contribution in [0.3, 0.4) is 0 Å². The van der Waals surface area contributed by atoms with E-state index < -0.39 is 0 Å². The van der Waals surface area contributed by atoms with Crippen LogP contribution in [0.5, 0.6) is 5.75 Å². The lowest BCUT2D eigenvalue weighted by Crippen LogP contribution is -2.17. The second kappa shape index (κ2) is 10.5. The largest absolute Gasteiger partial charge is 0.490 e.